The molecule has 6 nitrogen and oxygen atoms in total. The molecule has 7 heteroatoms. The lowest BCUT2D eigenvalue weighted by Crippen LogP contribution is -2.51. The topological polar surface area (TPSA) is 65.1 Å². The van der Waals surface area contributed by atoms with Crippen LogP contribution in [0.15, 0.2) is 41.3 Å². The van der Waals surface area contributed by atoms with Crippen LogP contribution in [-0.2, 0) is 24.2 Å². The Bertz CT molecular complexity index is 793. The molecule has 0 bridgehead atoms. The standard InChI is InChI=1S/C26H43NO5S/c1-5-8-18-30-24-12-11-17-27(33(28,29)23-15-13-22(4)14-16-23)21-25(31-19-9-6-2)26(24)32-20-10-7-3/h11-16,24-26H,5-10,17-21H2,1-4H3/b12-11-/t24-,25+,26+/m1/s1. The zero-order valence-electron chi connectivity index (χ0n) is 20.9. The molecule has 1 heterocycles. The van der Waals surface area contributed by atoms with Gasteiger partial charge in [0.25, 0.3) is 0 Å². The maximum atomic E-state index is 13.5. The van der Waals surface area contributed by atoms with Gasteiger partial charge in [-0.1, -0.05) is 69.9 Å². The molecule has 1 aromatic rings. The van der Waals surface area contributed by atoms with E-state index in [9.17, 15) is 8.42 Å². The van der Waals surface area contributed by atoms with E-state index in [-0.39, 0.29) is 25.3 Å². The van der Waals surface area contributed by atoms with Gasteiger partial charge in [-0.2, -0.15) is 4.31 Å². The molecule has 0 saturated carbocycles. The van der Waals surface area contributed by atoms with Crippen LogP contribution in [0.2, 0.25) is 0 Å². The van der Waals surface area contributed by atoms with Crippen LogP contribution in [0.4, 0.5) is 0 Å². The Morgan fingerprint density at radius 2 is 1.45 bits per heavy atom. The highest BCUT2D eigenvalue weighted by molar-refractivity contribution is 7.89. The SMILES string of the molecule is CCCCO[C@@H]1[C@@H](OCCCC)CN(S(=O)(=O)c2ccc(C)cc2)C/C=C\[C@H]1OCCCC. The fraction of sp³-hybridized carbons (Fsp3) is 0.692. The van der Waals surface area contributed by atoms with Gasteiger partial charge in [0.1, 0.15) is 18.3 Å². The maximum absolute atomic E-state index is 13.5. The van der Waals surface area contributed by atoms with Crippen molar-refractivity contribution in [3.05, 3.63) is 42.0 Å². The molecule has 0 fully saturated rings. The summed E-state index contributed by atoms with van der Waals surface area (Å²) in [6.45, 7) is 10.6. The van der Waals surface area contributed by atoms with E-state index in [1.54, 1.807) is 12.1 Å². The van der Waals surface area contributed by atoms with E-state index in [1.165, 1.54) is 4.31 Å². The third-order valence-electron chi connectivity index (χ3n) is 5.81. The van der Waals surface area contributed by atoms with E-state index in [2.05, 4.69) is 20.8 Å². The minimum atomic E-state index is -3.66. The highest BCUT2D eigenvalue weighted by atomic mass is 32.2. The Kier molecular flexibility index (Phi) is 12.6. The van der Waals surface area contributed by atoms with Gasteiger partial charge in [0.2, 0.25) is 10.0 Å². The lowest BCUT2D eigenvalue weighted by atomic mass is 10.0. The van der Waals surface area contributed by atoms with Crippen LogP contribution < -0.4 is 0 Å². The molecule has 0 N–H and O–H groups in total. The van der Waals surface area contributed by atoms with Crippen molar-refractivity contribution in [3.8, 4) is 0 Å². The first kappa shape index (κ1) is 28.0. The van der Waals surface area contributed by atoms with Gasteiger partial charge >= 0.3 is 0 Å². The minimum Gasteiger partial charge on any atom is -0.374 e. The Hall–Kier alpha value is -1.25. The van der Waals surface area contributed by atoms with E-state index in [0.717, 1.165) is 44.1 Å². The van der Waals surface area contributed by atoms with E-state index in [0.29, 0.717) is 24.7 Å². The van der Waals surface area contributed by atoms with Crippen molar-refractivity contribution in [2.24, 2.45) is 0 Å². The molecule has 1 aliphatic heterocycles. The third-order valence-corrected chi connectivity index (χ3v) is 7.66. The number of aryl methyl sites for hydroxylation is 1. The second-order valence-corrected chi connectivity index (χ2v) is 10.6. The first-order chi connectivity index (χ1) is 15.9. The molecule has 0 spiro atoms. The number of sulfonamides is 1. The van der Waals surface area contributed by atoms with Crippen LogP contribution in [0.25, 0.3) is 0 Å². The summed E-state index contributed by atoms with van der Waals surface area (Å²) in [6.07, 6.45) is 8.73. The molecule has 0 aliphatic carbocycles. The monoisotopic (exact) mass is 481 g/mol. The predicted molar refractivity (Wildman–Crippen MR) is 133 cm³/mol. The quantitative estimate of drug-likeness (QED) is 0.273. The summed E-state index contributed by atoms with van der Waals surface area (Å²) in [7, 11) is -3.66. The third kappa shape index (κ3) is 8.80. The first-order valence-corrected chi connectivity index (χ1v) is 14.0. The summed E-state index contributed by atoms with van der Waals surface area (Å²) in [5, 5.41) is 0. The molecule has 0 saturated heterocycles. The molecular formula is C26H43NO5S. The largest absolute Gasteiger partial charge is 0.374 e. The molecule has 188 valence electrons. The summed E-state index contributed by atoms with van der Waals surface area (Å²) < 4.78 is 47.2. The van der Waals surface area contributed by atoms with E-state index in [4.69, 9.17) is 14.2 Å². The Morgan fingerprint density at radius 1 is 0.879 bits per heavy atom. The zero-order chi connectivity index (χ0) is 24.1. The molecule has 0 aromatic heterocycles. The normalized spacial score (nSPS) is 23.2. The number of ether oxygens (including phenoxy) is 3. The summed E-state index contributed by atoms with van der Waals surface area (Å²) >= 11 is 0. The van der Waals surface area contributed by atoms with E-state index >= 15 is 0 Å². The second-order valence-electron chi connectivity index (χ2n) is 8.70. The van der Waals surface area contributed by atoms with Crippen molar-refractivity contribution in [1.29, 1.82) is 0 Å². The Balaban J connectivity index is 2.33. The van der Waals surface area contributed by atoms with Crippen LogP contribution in [-0.4, -0.2) is 63.9 Å². The average Bonchev–Trinajstić information content (AvgIpc) is 2.79. The number of benzene rings is 1. The molecule has 33 heavy (non-hydrogen) atoms. The smallest absolute Gasteiger partial charge is 0.243 e. The van der Waals surface area contributed by atoms with Crippen LogP contribution in [0, 0.1) is 6.92 Å². The maximum Gasteiger partial charge on any atom is 0.243 e. The number of hydrogen-bond donors (Lipinski definition) is 0. The van der Waals surface area contributed by atoms with Gasteiger partial charge in [-0.25, -0.2) is 8.42 Å². The lowest BCUT2D eigenvalue weighted by molar-refractivity contribution is -0.131. The van der Waals surface area contributed by atoms with Gasteiger partial charge in [0.05, 0.1) is 4.90 Å². The number of nitrogens with zero attached hydrogens (tertiary/aromatic N) is 1. The van der Waals surface area contributed by atoms with Crippen LogP contribution in [0.5, 0.6) is 0 Å². The lowest BCUT2D eigenvalue weighted by Gasteiger charge is -2.36. The van der Waals surface area contributed by atoms with Gasteiger partial charge in [-0.3, -0.25) is 0 Å². The molecule has 0 radical (unpaired) electrons. The minimum absolute atomic E-state index is 0.231. The van der Waals surface area contributed by atoms with Gasteiger partial charge < -0.3 is 14.2 Å². The molecule has 3 atom stereocenters. The fourth-order valence-electron chi connectivity index (χ4n) is 3.67. The summed E-state index contributed by atoms with van der Waals surface area (Å²) in [5.41, 5.74) is 1.03. The van der Waals surface area contributed by atoms with E-state index in [1.807, 2.05) is 31.2 Å². The summed E-state index contributed by atoms with van der Waals surface area (Å²) in [4.78, 5) is 0.300. The predicted octanol–water partition coefficient (Wildman–Crippen LogP) is 5.11. The van der Waals surface area contributed by atoms with Crippen molar-refractivity contribution in [2.45, 2.75) is 89.4 Å². The zero-order valence-corrected chi connectivity index (χ0v) is 21.7. The average molecular weight is 482 g/mol. The summed E-state index contributed by atoms with van der Waals surface area (Å²) in [5.74, 6) is 0. The van der Waals surface area contributed by atoms with Gasteiger partial charge in [0, 0.05) is 32.9 Å². The van der Waals surface area contributed by atoms with Crippen molar-refractivity contribution >= 4 is 10.0 Å². The molecular weight excluding hydrogens is 438 g/mol. The number of rotatable bonds is 14. The van der Waals surface area contributed by atoms with E-state index < -0.39 is 16.1 Å². The van der Waals surface area contributed by atoms with Crippen molar-refractivity contribution in [3.63, 3.8) is 0 Å². The number of unbranched alkanes of at least 4 members (excludes halogenated alkanes) is 3. The van der Waals surface area contributed by atoms with Crippen molar-refractivity contribution in [2.75, 3.05) is 32.9 Å². The number of hydrogen-bond acceptors (Lipinski definition) is 5. The molecule has 1 aromatic carbocycles. The van der Waals surface area contributed by atoms with Gasteiger partial charge in [-0.05, 0) is 38.3 Å². The summed E-state index contributed by atoms with van der Waals surface area (Å²) in [6, 6.07) is 7.00. The molecule has 0 unspecified atom stereocenters. The highest BCUT2D eigenvalue weighted by Crippen LogP contribution is 2.24. The highest BCUT2D eigenvalue weighted by Gasteiger charge is 2.36. The van der Waals surface area contributed by atoms with Gasteiger partial charge in [0.15, 0.2) is 0 Å². The van der Waals surface area contributed by atoms with Crippen LogP contribution in [0.3, 0.4) is 0 Å². The van der Waals surface area contributed by atoms with Gasteiger partial charge in [-0.15, -0.1) is 0 Å². The molecule has 1 aliphatic rings. The van der Waals surface area contributed by atoms with Crippen LogP contribution in [0.1, 0.15) is 64.9 Å². The first-order valence-electron chi connectivity index (χ1n) is 12.5. The molecule has 0 amide bonds. The Labute approximate surface area is 201 Å². The van der Waals surface area contributed by atoms with Crippen molar-refractivity contribution < 1.29 is 22.6 Å². The van der Waals surface area contributed by atoms with Crippen molar-refractivity contribution in [1.82, 2.24) is 4.31 Å². The molecule has 2 rings (SSSR count). The van der Waals surface area contributed by atoms with Crippen LogP contribution >= 0.6 is 0 Å². The second kappa shape index (κ2) is 14.9. The fourth-order valence-corrected chi connectivity index (χ4v) is 5.08. The Morgan fingerprint density at radius 3 is 2.06 bits per heavy atom.